The van der Waals surface area contributed by atoms with Crippen molar-refractivity contribution in [3.05, 3.63) is 30.3 Å². The summed E-state index contributed by atoms with van der Waals surface area (Å²) in [4.78, 5) is 0.296. The molecule has 0 heterocycles. The molecule has 0 radical (unpaired) electrons. The van der Waals surface area contributed by atoms with Crippen LogP contribution in [0.5, 0.6) is 0 Å². The van der Waals surface area contributed by atoms with E-state index in [-0.39, 0.29) is 0 Å². The molecule has 1 saturated carbocycles. The zero-order valence-electron chi connectivity index (χ0n) is 12.4. The van der Waals surface area contributed by atoms with Gasteiger partial charge in [-0.3, -0.25) is 0 Å². The Balaban J connectivity index is 1.90. The van der Waals surface area contributed by atoms with E-state index in [9.17, 15) is 4.39 Å². The third kappa shape index (κ3) is 5.97. The summed E-state index contributed by atoms with van der Waals surface area (Å²) in [6.07, 6.45) is 11.5. The molecule has 0 spiro atoms. The van der Waals surface area contributed by atoms with Gasteiger partial charge in [-0.05, 0) is 0 Å². The molecule has 1 aliphatic carbocycles. The molecule has 20 heavy (non-hydrogen) atoms. The Kier molecular flexibility index (Phi) is 7.68. The second-order valence-corrected chi connectivity index (χ2v) is 8.65. The Morgan fingerprint density at radius 3 is 1.95 bits per heavy atom. The van der Waals surface area contributed by atoms with Crippen LogP contribution in [0.4, 0.5) is 4.39 Å². The van der Waals surface area contributed by atoms with E-state index in [0.717, 1.165) is 19.3 Å². The van der Waals surface area contributed by atoms with Crippen LogP contribution in [0.15, 0.2) is 30.3 Å². The molecular weight excluding hydrogens is 314 g/mol. The number of halogens is 1. The first kappa shape index (κ1) is 16.0. The molecule has 0 aromatic heterocycles. The Morgan fingerprint density at radius 1 is 0.750 bits per heavy atom. The van der Waals surface area contributed by atoms with Gasteiger partial charge >= 0.3 is 129 Å². The van der Waals surface area contributed by atoms with Gasteiger partial charge in [0.1, 0.15) is 0 Å². The van der Waals surface area contributed by atoms with Crippen molar-refractivity contribution in [2.75, 3.05) is 0 Å². The first-order valence-electron chi connectivity index (χ1n) is 8.22. The molecule has 0 bridgehead atoms. The number of alkyl halides is 1. The average Bonchev–Trinajstić information content (AvgIpc) is 2.47. The molecule has 1 aromatic rings. The van der Waals surface area contributed by atoms with Crippen molar-refractivity contribution in [1.82, 2.24) is 0 Å². The number of hydrogen-bond donors (Lipinski definition) is 0. The molecule has 0 nitrogen and oxygen atoms in total. The van der Waals surface area contributed by atoms with Gasteiger partial charge in [-0.1, -0.05) is 0 Å². The van der Waals surface area contributed by atoms with Crippen LogP contribution in [0.2, 0.25) is 4.82 Å². The SMILES string of the molecule is F[C@H]1CCCCCCCCCC[C@@H]1[Se]c1ccccc1. The summed E-state index contributed by atoms with van der Waals surface area (Å²) >= 11 is 0.296. The van der Waals surface area contributed by atoms with E-state index in [2.05, 4.69) is 24.3 Å². The fraction of sp³-hybridized carbons (Fsp3) is 0.667. The monoisotopic (exact) mass is 342 g/mol. The second kappa shape index (κ2) is 9.58. The van der Waals surface area contributed by atoms with Crippen LogP contribution in [-0.2, 0) is 0 Å². The maximum absolute atomic E-state index is 14.5. The molecule has 1 fully saturated rings. The summed E-state index contributed by atoms with van der Waals surface area (Å²) in [6, 6.07) is 10.6. The summed E-state index contributed by atoms with van der Waals surface area (Å²) in [7, 11) is 0. The standard InChI is InChI=1S/C18H27FSe/c19-17-14-10-5-3-1-2-4-6-11-15-18(17)20-16-12-8-7-9-13-16/h7-9,12-13,17-18H,1-6,10-11,14-15H2/t17-,18-/m0/s1. The van der Waals surface area contributed by atoms with E-state index < -0.39 is 6.17 Å². The van der Waals surface area contributed by atoms with Crippen molar-refractivity contribution >= 4 is 19.4 Å². The van der Waals surface area contributed by atoms with Gasteiger partial charge in [-0.2, -0.15) is 0 Å². The molecule has 0 unspecified atom stereocenters. The quantitative estimate of drug-likeness (QED) is 0.660. The second-order valence-electron chi connectivity index (χ2n) is 5.89. The van der Waals surface area contributed by atoms with E-state index in [1.807, 2.05) is 6.07 Å². The summed E-state index contributed by atoms with van der Waals surface area (Å²) in [6.45, 7) is 0. The molecule has 2 heteroatoms. The van der Waals surface area contributed by atoms with Crippen molar-refractivity contribution < 1.29 is 4.39 Å². The average molecular weight is 341 g/mol. The summed E-state index contributed by atoms with van der Waals surface area (Å²) in [5.41, 5.74) is 0. The van der Waals surface area contributed by atoms with E-state index in [0.29, 0.717) is 19.8 Å². The number of benzene rings is 1. The zero-order valence-corrected chi connectivity index (χ0v) is 14.1. The predicted molar refractivity (Wildman–Crippen MR) is 86.6 cm³/mol. The summed E-state index contributed by atoms with van der Waals surface area (Å²) in [5, 5.41) is 0. The van der Waals surface area contributed by atoms with Gasteiger partial charge in [0.15, 0.2) is 0 Å². The molecule has 1 aromatic carbocycles. The minimum absolute atomic E-state index is 0.296. The van der Waals surface area contributed by atoms with Gasteiger partial charge in [-0.25, -0.2) is 0 Å². The fourth-order valence-corrected chi connectivity index (χ4v) is 5.50. The van der Waals surface area contributed by atoms with Gasteiger partial charge < -0.3 is 0 Å². The molecule has 2 rings (SSSR count). The molecule has 1 aliphatic rings. The Bertz CT molecular complexity index is 352. The van der Waals surface area contributed by atoms with Crippen LogP contribution in [-0.4, -0.2) is 21.1 Å². The van der Waals surface area contributed by atoms with E-state index >= 15 is 0 Å². The predicted octanol–water partition coefficient (Wildman–Crippen LogP) is 5.06. The van der Waals surface area contributed by atoms with Crippen molar-refractivity contribution in [3.8, 4) is 0 Å². The third-order valence-corrected chi connectivity index (χ3v) is 7.04. The topological polar surface area (TPSA) is 0 Å². The Morgan fingerprint density at radius 2 is 1.30 bits per heavy atom. The van der Waals surface area contributed by atoms with E-state index in [1.54, 1.807) is 0 Å². The van der Waals surface area contributed by atoms with Gasteiger partial charge in [0.05, 0.1) is 0 Å². The normalized spacial score (nSPS) is 26.4. The van der Waals surface area contributed by atoms with Crippen molar-refractivity contribution in [3.63, 3.8) is 0 Å². The molecular formula is C18H27FSe. The summed E-state index contributed by atoms with van der Waals surface area (Å²) < 4.78 is 15.9. The van der Waals surface area contributed by atoms with Crippen LogP contribution in [0.3, 0.4) is 0 Å². The molecule has 2 atom stereocenters. The molecule has 0 amide bonds. The molecule has 112 valence electrons. The fourth-order valence-electron chi connectivity index (χ4n) is 2.92. The van der Waals surface area contributed by atoms with Crippen molar-refractivity contribution in [1.29, 1.82) is 0 Å². The van der Waals surface area contributed by atoms with Gasteiger partial charge in [0, 0.05) is 0 Å². The molecule has 0 N–H and O–H groups in total. The van der Waals surface area contributed by atoms with E-state index in [1.165, 1.54) is 49.4 Å². The van der Waals surface area contributed by atoms with Gasteiger partial charge in [0.25, 0.3) is 0 Å². The number of hydrogen-bond acceptors (Lipinski definition) is 0. The first-order chi connectivity index (χ1) is 9.86. The van der Waals surface area contributed by atoms with Crippen LogP contribution < -0.4 is 4.46 Å². The third-order valence-electron chi connectivity index (χ3n) is 4.15. The van der Waals surface area contributed by atoms with Gasteiger partial charge in [0.2, 0.25) is 0 Å². The van der Waals surface area contributed by atoms with Gasteiger partial charge in [-0.15, -0.1) is 0 Å². The Labute approximate surface area is 129 Å². The maximum atomic E-state index is 14.5. The van der Waals surface area contributed by atoms with E-state index in [4.69, 9.17) is 0 Å². The van der Waals surface area contributed by atoms with Crippen LogP contribution in [0.25, 0.3) is 0 Å². The minimum atomic E-state index is -0.574. The van der Waals surface area contributed by atoms with Crippen LogP contribution in [0.1, 0.15) is 64.2 Å². The summed E-state index contributed by atoms with van der Waals surface area (Å²) in [5.74, 6) is 0. The number of rotatable bonds is 2. The van der Waals surface area contributed by atoms with Crippen LogP contribution in [0, 0.1) is 0 Å². The molecule has 0 aliphatic heterocycles. The molecule has 0 saturated heterocycles. The van der Waals surface area contributed by atoms with Crippen LogP contribution >= 0.6 is 0 Å². The first-order valence-corrected chi connectivity index (χ1v) is 10.1. The van der Waals surface area contributed by atoms with Crippen molar-refractivity contribution in [2.24, 2.45) is 0 Å². The zero-order chi connectivity index (χ0) is 14.0. The Hall–Kier alpha value is -0.331. The van der Waals surface area contributed by atoms with Crippen molar-refractivity contribution in [2.45, 2.75) is 75.2 Å².